The van der Waals surface area contributed by atoms with E-state index in [0.29, 0.717) is 6.54 Å². The Kier molecular flexibility index (Phi) is 7.84. The summed E-state index contributed by atoms with van der Waals surface area (Å²) in [5.74, 6) is -0.785. The van der Waals surface area contributed by atoms with E-state index in [0.717, 1.165) is 11.1 Å². The highest BCUT2D eigenvalue weighted by atomic mass is 16.5. The Morgan fingerprint density at radius 1 is 0.889 bits per heavy atom. The average Bonchev–Trinajstić information content (AvgIpc) is 2.70. The molecule has 142 valence electrons. The maximum absolute atomic E-state index is 12.0. The van der Waals surface area contributed by atoms with E-state index in [1.807, 2.05) is 60.7 Å². The fraction of sp³-hybridized carbons (Fsp3) is 0.250. The van der Waals surface area contributed by atoms with Gasteiger partial charge in [-0.05, 0) is 18.1 Å². The summed E-state index contributed by atoms with van der Waals surface area (Å²) in [5, 5.41) is 7.61. The van der Waals surface area contributed by atoms with Gasteiger partial charge in [0.05, 0.1) is 6.54 Å². The molecule has 0 aromatic heterocycles. The van der Waals surface area contributed by atoms with Gasteiger partial charge >= 0.3 is 6.09 Å². The van der Waals surface area contributed by atoms with Gasteiger partial charge in [-0.3, -0.25) is 9.59 Å². The van der Waals surface area contributed by atoms with Crippen molar-refractivity contribution in [1.29, 1.82) is 0 Å². The van der Waals surface area contributed by atoms with Gasteiger partial charge in [0, 0.05) is 6.54 Å². The zero-order chi connectivity index (χ0) is 19.5. The van der Waals surface area contributed by atoms with Crippen LogP contribution in [-0.4, -0.2) is 30.5 Å². The van der Waals surface area contributed by atoms with Crippen molar-refractivity contribution in [2.45, 2.75) is 26.1 Å². The topological polar surface area (TPSA) is 96.5 Å². The van der Waals surface area contributed by atoms with Crippen LogP contribution in [0.1, 0.15) is 18.1 Å². The Balaban J connectivity index is 1.64. The van der Waals surface area contributed by atoms with Crippen molar-refractivity contribution in [2.75, 3.05) is 6.54 Å². The van der Waals surface area contributed by atoms with Crippen molar-refractivity contribution in [2.24, 2.45) is 0 Å². The van der Waals surface area contributed by atoms with E-state index in [-0.39, 0.29) is 19.1 Å². The monoisotopic (exact) mass is 369 g/mol. The Hall–Kier alpha value is -3.35. The predicted molar refractivity (Wildman–Crippen MR) is 101 cm³/mol. The summed E-state index contributed by atoms with van der Waals surface area (Å²) >= 11 is 0. The minimum atomic E-state index is -0.824. The standard InChI is InChI=1S/C20H23N3O4/c1-15(23-20(26)27-14-17-10-6-3-7-11-17)19(25)22-13-18(24)21-12-16-8-4-2-5-9-16/h2-11,15H,12-14H2,1H3,(H,21,24)(H,22,25)(H,23,26)/t15-/m0/s1. The van der Waals surface area contributed by atoms with E-state index in [2.05, 4.69) is 16.0 Å². The molecule has 0 heterocycles. The zero-order valence-corrected chi connectivity index (χ0v) is 15.1. The number of benzene rings is 2. The number of nitrogens with one attached hydrogen (secondary N) is 3. The zero-order valence-electron chi connectivity index (χ0n) is 15.1. The van der Waals surface area contributed by atoms with Gasteiger partial charge < -0.3 is 20.7 Å². The third-order valence-corrected chi connectivity index (χ3v) is 3.70. The van der Waals surface area contributed by atoms with Gasteiger partial charge in [-0.1, -0.05) is 60.7 Å². The van der Waals surface area contributed by atoms with Crippen LogP contribution in [0.15, 0.2) is 60.7 Å². The molecule has 27 heavy (non-hydrogen) atoms. The van der Waals surface area contributed by atoms with E-state index < -0.39 is 18.0 Å². The second-order valence-corrected chi connectivity index (χ2v) is 5.91. The van der Waals surface area contributed by atoms with Crippen molar-refractivity contribution >= 4 is 17.9 Å². The highest BCUT2D eigenvalue weighted by Gasteiger charge is 2.17. The molecule has 2 aromatic rings. The molecule has 0 bridgehead atoms. The number of carbonyl (C=O) groups excluding carboxylic acids is 3. The van der Waals surface area contributed by atoms with E-state index in [1.54, 1.807) is 0 Å². The lowest BCUT2D eigenvalue weighted by molar-refractivity contribution is -0.127. The summed E-state index contributed by atoms with van der Waals surface area (Å²) in [7, 11) is 0. The second kappa shape index (κ2) is 10.6. The highest BCUT2D eigenvalue weighted by molar-refractivity contribution is 5.89. The Morgan fingerprint density at radius 3 is 2.11 bits per heavy atom. The number of hydrogen-bond acceptors (Lipinski definition) is 4. The summed E-state index contributed by atoms with van der Waals surface area (Å²) in [5.41, 5.74) is 1.81. The summed E-state index contributed by atoms with van der Waals surface area (Å²) in [6, 6.07) is 17.8. The minimum Gasteiger partial charge on any atom is -0.445 e. The number of ether oxygens (including phenoxy) is 1. The van der Waals surface area contributed by atoms with E-state index >= 15 is 0 Å². The van der Waals surface area contributed by atoms with Crippen LogP contribution < -0.4 is 16.0 Å². The van der Waals surface area contributed by atoms with Gasteiger partial charge in [-0.25, -0.2) is 4.79 Å². The lowest BCUT2D eigenvalue weighted by Crippen LogP contribution is -2.47. The summed E-state index contributed by atoms with van der Waals surface area (Å²) in [4.78, 5) is 35.5. The Bertz CT molecular complexity index is 750. The first-order chi connectivity index (χ1) is 13.0. The van der Waals surface area contributed by atoms with Gasteiger partial charge in [-0.2, -0.15) is 0 Å². The largest absolute Gasteiger partial charge is 0.445 e. The first kappa shape index (κ1) is 20.0. The van der Waals surface area contributed by atoms with Crippen molar-refractivity contribution in [3.63, 3.8) is 0 Å². The Labute approximate surface area is 158 Å². The third kappa shape index (κ3) is 7.60. The molecule has 0 aliphatic heterocycles. The number of hydrogen-bond donors (Lipinski definition) is 3. The van der Waals surface area contributed by atoms with Crippen molar-refractivity contribution in [3.05, 3.63) is 71.8 Å². The molecule has 2 aromatic carbocycles. The summed E-state index contributed by atoms with van der Waals surface area (Å²) < 4.78 is 5.05. The molecule has 2 rings (SSSR count). The molecule has 7 nitrogen and oxygen atoms in total. The van der Waals surface area contributed by atoms with Crippen LogP contribution in [0.2, 0.25) is 0 Å². The maximum Gasteiger partial charge on any atom is 0.408 e. The number of amides is 3. The van der Waals surface area contributed by atoms with Gasteiger partial charge in [0.25, 0.3) is 0 Å². The molecule has 1 atom stereocenters. The molecule has 0 saturated heterocycles. The van der Waals surface area contributed by atoms with Crippen LogP contribution in [0.25, 0.3) is 0 Å². The lowest BCUT2D eigenvalue weighted by Gasteiger charge is -2.14. The molecule has 0 unspecified atom stereocenters. The molecular weight excluding hydrogens is 346 g/mol. The molecule has 3 amide bonds. The quantitative estimate of drug-likeness (QED) is 0.660. The molecule has 0 aliphatic carbocycles. The van der Waals surface area contributed by atoms with Crippen molar-refractivity contribution in [1.82, 2.24) is 16.0 Å². The van der Waals surface area contributed by atoms with E-state index in [9.17, 15) is 14.4 Å². The van der Waals surface area contributed by atoms with Gasteiger partial charge in [0.15, 0.2) is 0 Å². The SMILES string of the molecule is C[C@H](NC(=O)OCc1ccccc1)C(=O)NCC(=O)NCc1ccccc1. The molecule has 0 saturated carbocycles. The smallest absolute Gasteiger partial charge is 0.408 e. The number of rotatable bonds is 8. The molecule has 0 aliphatic rings. The first-order valence-corrected chi connectivity index (χ1v) is 8.60. The lowest BCUT2D eigenvalue weighted by atomic mass is 10.2. The number of carbonyl (C=O) groups is 3. The maximum atomic E-state index is 12.0. The molecular formula is C20H23N3O4. The minimum absolute atomic E-state index is 0.114. The molecule has 0 radical (unpaired) electrons. The van der Waals surface area contributed by atoms with Gasteiger partial charge in [0.2, 0.25) is 11.8 Å². The van der Waals surface area contributed by atoms with Crippen LogP contribution in [-0.2, 0) is 27.5 Å². The summed E-state index contributed by atoms with van der Waals surface area (Å²) in [6.45, 7) is 1.84. The first-order valence-electron chi connectivity index (χ1n) is 8.60. The van der Waals surface area contributed by atoms with E-state index in [1.165, 1.54) is 6.92 Å². The van der Waals surface area contributed by atoms with Crippen LogP contribution in [0, 0.1) is 0 Å². The highest BCUT2D eigenvalue weighted by Crippen LogP contribution is 2.01. The molecule has 7 heteroatoms. The number of alkyl carbamates (subject to hydrolysis) is 1. The summed E-state index contributed by atoms with van der Waals surface area (Å²) in [6.07, 6.45) is -0.699. The molecule has 3 N–H and O–H groups in total. The van der Waals surface area contributed by atoms with Crippen LogP contribution in [0.5, 0.6) is 0 Å². The van der Waals surface area contributed by atoms with Crippen molar-refractivity contribution < 1.29 is 19.1 Å². The normalized spacial score (nSPS) is 11.1. The molecule has 0 fully saturated rings. The molecule has 0 spiro atoms. The average molecular weight is 369 g/mol. The van der Waals surface area contributed by atoms with Crippen LogP contribution in [0.4, 0.5) is 4.79 Å². The van der Waals surface area contributed by atoms with Crippen LogP contribution >= 0.6 is 0 Å². The van der Waals surface area contributed by atoms with Crippen molar-refractivity contribution in [3.8, 4) is 0 Å². The van der Waals surface area contributed by atoms with E-state index in [4.69, 9.17) is 4.74 Å². The second-order valence-electron chi connectivity index (χ2n) is 5.91. The van der Waals surface area contributed by atoms with Crippen LogP contribution in [0.3, 0.4) is 0 Å². The van der Waals surface area contributed by atoms with Gasteiger partial charge in [0.1, 0.15) is 12.6 Å². The predicted octanol–water partition coefficient (Wildman–Crippen LogP) is 1.73. The third-order valence-electron chi connectivity index (χ3n) is 3.70. The fourth-order valence-electron chi connectivity index (χ4n) is 2.19. The fourth-order valence-corrected chi connectivity index (χ4v) is 2.19. The Morgan fingerprint density at radius 2 is 1.48 bits per heavy atom. The van der Waals surface area contributed by atoms with Gasteiger partial charge in [-0.15, -0.1) is 0 Å².